The molecule has 0 amide bonds. The van der Waals surface area contributed by atoms with Crippen LogP contribution in [-0.4, -0.2) is 6.10 Å². The smallest absolute Gasteiger partial charge is 0.0720 e. The summed E-state index contributed by atoms with van der Waals surface area (Å²) in [5.41, 5.74) is 2.13. The van der Waals surface area contributed by atoms with Crippen LogP contribution in [0.25, 0.3) is 0 Å². The highest BCUT2D eigenvalue weighted by Gasteiger charge is 2.61. The first kappa shape index (κ1) is 12.2. The molecule has 0 aromatic heterocycles. The van der Waals surface area contributed by atoms with Gasteiger partial charge in [-0.25, -0.2) is 0 Å². The standard InChI is InChI=1S/C17H24O/c1-16(2)14-9-10-17(16,3)15(11-14)18-12-13-7-5-4-6-8-13/h4-8,14-15H,9-12H2,1-3H3/t14-,15-,17+/m1/s1. The summed E-state index contributed by atoms with van der Waals surface area (Å²) < 4.78 is 6.26. The van der Waals surface area contributed by atoms with E-state index in [0.717, 1.165) is 12.5 Å². The number of rotatable bonds is 3. The van der Waals surface area contributed by atoms with Crippen molar-refractivity contribution in [1.29, 1.82) is 0 Å². The number of hydrogen-bond acceptors (Lipinski definition) is 1. The van der Waals surface area contributed by atoms with Crippen LogP contribution in [-0.2, 0) is 11.3 Å². The van der Waals surface area contributed by atoms with E-state index in [2.05, 4.69) is 51.1 Å². The fourth-order valence-corrected chi connectivity index (χ4v) is 4.15. The topological polar surface area (TPSA) is 9.23 Å². The van der Waals surface area contributed by atoms with Gasteiger partial charge in [0.2, 0.25) is 0 Å². The van der Waals surface area contributed by atoms with Crippen molar-refractivity contribution >= 4 is 0 Å². The predicted molar refractivity (Wildman–Crippen MR) is 74.2 cm³/mol. The largest absolute Gasteiger partial charge is 0.373 e. The third-order valence-electron chi connectivity index (χ3n) is 6.01. The average Bonchev–Trinajstić information content (AvgIpc) is 2.70. The van der Waals surface area contributed by atoms with Gasteiger partial charge in [-0.1, -0.05) is 51.1 Å². The second-order valence-corrected chi connectivity index (χ2v) is 6.90. The highest BCUT2D eigenvalue weighted by Crippen LogP contribution is 2.66. The molecule has 2 aliphatic rings. The van der Waals surface area contributed by atoms with Crippen molar-refractivity contribution in [3.8, 4) is 0 Å². The molecule has 1 aromatic rings. The van der Waals surface area contributed by atoms with Gasteiger partial charge in [-0.2, -0.15) is 0 Å². The van der Waals surface area contributed by atoms with Crippen LogP contribution in [0, 0.1) is 16.7 Å². The summed E-state index contributed by atoms with van der Waals surface area (Å²) >= 11 is 0. The van der Waals surface area contributed by atoms with E-state index >= 15 is 0 Å². The Labute approximate surface area is 111 Å². The van der Waals surface area contributed by atoms with Crippen LogP contribution in [0.3, 0.4) is 0 Å². The van der Waals surface area contributed by atoms with Gasteiger partial charge in [0, 0.05) is 0 Å². The van der Waals surface area contributed by atoms with Gasteiger partial charge in [0.15, 0.2) is 0 Å². The minimum atomic E-state index is 0.381. The van der Waals surface area contributed by atoms with E-state index in [1.165, 1.54) is 24.8 Å². The highest BCUT2D eigenvalue weighted by atomic mass is 16.5. The molecule has 0 N–H and O–H groups in total. The Bertz CT molecular complexity index is 422. The summed E-state index contributed by atoms with van der Waals surface area (Å²) in [7, 11) is 0. The van der Waals surface area contributed by atoms with Crippen LogP contribution in [0.2, 0.25) is 0 Å². The number of fused-ring (bicyclic) bond motifs is 2. The lowest BCUT2D eigenvalue weighted by atomic mass is 9.70. The molecule has 3 rings (SSSR count). The summed E-state index contributed by atoms with van der Waals surface area (Å²) in [5.74, 6) is 0.864. The molecule has 1 heteroatoms. The van der Waals surface area contributed by atoms with Crippen molar-refractivity contribution in [3.63, 3.8) is 0 Å². The van der Waals surface area contributed by atoms with Crippen molar-refractivity contribution in [2.45, 2.75) is 52.7 Å². The molecular weight excluding hydrogens is 220 g/mol. The molecule has 2 saturated carbocycles. The normalized spacial score (nSPS) is 37.1. The summed E-state index contributed by atoms with van der Waals surface area (Å²) in [4.78, 5) is 0. The van der Waals surface area contributed by atoms with Gasteiger partial charge in [-0.15, -0.1) is 0 Å². The molecule has 1 aromatic carbocycles. The summed E-state index contributed by atoms with van der Waals surface area (Å²) in [6.45, 7) is 8.09. The number of ether oxygens (including phenoxy) is 1. The first-order valence-corrected chi connectivity index (χ1v) is 7.19. The third-order valence-corrected chi connectivity index (χ3v) is 6.01. The molecule has 0 saturated heterocycles. The van der Waals surface area contributed by atoms with E-state index in [1.54, 1.807) is 0 Å². The SMILES string of the molecule is CC1(C)[C@@H]2CC[C@@]1(C)[C@H](OCc1ccccc1)C2. The summed E-state index contributed by atoms with van der Waals surface area (Å²) in [6, 6.07) is 10.5. The molecule has 2 bridgehead atoms. The molecule has 0 aliphatic heterocycles. The molecule has 2 fully saturated rings. The molecule has 2 aliphatic carbocycles. The molecular formula is C17H24O. The molecule has 0 spiro atoms. The summed E-state index contributed by atoms with van der Waals surface area (Å²) in [6.07, 6.45) is 4.45. The lowest BCUT2D eigenvalue weighted by molar-refractivity contribution is -0.0550. The highest BCUT2D eigenvalue weighted by molar-refractivity contribution is 5.15. The van der Waals surface area contributed by atoms with Gasteiger partial charge in [0.25, 0.3) is 0 Å². The van der Waals surface area contributed by atoms with Crippen LogP contribution < -0.4 is 0 Å². The summed E-state index contributed by atoms with van der Waals surface area (Å²) in [5, 5.41) is 0. The molecule has 0 heterocycles. The van der Waals surface area contributed by atoms with E-state index in [4.69, 9.17) is 4.74 Å². The van der Waals surface area contributed by atoms with Crippen LogP contribution in [0.1, 0.15) is 45.6 Å². The molecule has 3 atom stereocenters. The zero-order valence-electron chi connectivity index (χ0n) is 11.8. The predicted octanol–water partition coefficient (Wildman–Crippen LogP) is 4.42. The number of hydrogen-bond donors (Lipinski definition) is 0. The maximum absolute atomic E-state index is 6.26. The second-order valence-electron chi connectivity index (χ2n) is 6.90. The van der Waals surface area contributed by atoms with E-state index in [9.17, 15) is 0 Å². The van der Waals surface area contributed by atoms with Gasteiger partial charge in [-0.05, 0) is 41.6 Å². The molecule has 1 nitrogen and oxygen atoms in total. The van der Waals surface area contributed by atoms with Gasteiger partial charge >= 0.3 is 0 Å². The molecule has 18 heavy (non-hydrogen) atoms. The Morgan fingerprint density at radius 3 is 2.44 bits per heavy atom. The maximum Gasteiger partial charge on any atom is 0.0720 e. The monoisotopic (exact) mass is 244 g/mol. The zero-order chi connectivity index (χ0) is 12.8. The minimum Gasteiger partial charge on any atom is -0.373 e. The van der Waals surface area contributed by atoms with Crippen molar-refractivity contribution in [1.82, 2.24) is 0 Å². The van der Waals surface area contributed by atoms with Crippen molar-refractivity contribution in [2.24, 2.45) is 16.7 Å². The van der Waals surface area contributed by atoms with Crippen LogP contribution in [0.15, 0.2) is 30.3 Å². The van der Waals surface area contributed by atoms with Gasteiger partial charge in [0.1, 0.15) is 0 Å². The minimum absolute atomic E-state index is 0.381. The zero-order valence-corrected chi connectivity index (χ0v) is 11.8. The fraction of sp³-hybridized carbons (Fsp3) is 0.647. The van der Waals surface area contributed by atoms with Crippen LogP contribution in [0.4, 0.5) is 0 Å². The average molecular weight is 244 g/mol. The van der Waals surface area contributed by atoms with Gasteiger partial charge in [0.05, 0.1) is 12.7 Å². The lowest BCUT2D eigenvalue weighted by Gasteiger charge is -2.38. The molecule has 0 unspecified atom stereocenters. The fourth-order valence-electron chi connectivity index (χ4n) is 4.15. The van der Waals surface area contributed by atoms with Crippen molar-refractivity contribution in [3.05, 3.63) is 35.9 Å². The van der Waals surface area contributed by atoms with Crippen molar-refractivity contribution < 1.29 is 4.74 Å². The Kier molecular flexibility index (Phi) is 2.78. The second kappa shape index (κ2) is 4.09. The van der Waals surface area contributed by atoms with E-state index in [1.807, 2.05) is 0 Å². The van der Waals surface area contributed by atoms with E-state index < -0.39 is 0 Å². The van der Waals surface area contributed by atoms with Gasteiger partial charge in [-0.3, -0.25) is 0 Å². The molecule has 98 valence electrons. The Morgan fingerprint density at radius 2 is 1.89 bits per heavy atom. The van der Waals surface area contributed by atoms with Gasteiger partial charge < -0.3 is 4.74 Å². The first-order chi connectivity index (χ1) is 8.54. The van der Waals surface area contributed by atoms with E-state index in [0.29, 0.717) is 16.9 Å². The Morgan fingerprint density at radius 1 is 1.17 bits per heavy atom. The van der Waals surface area contributed by atoms with Crippen LogP contribution >= 0.6 is 0 Å². The van der Waals surface area contributed by atoms with Crippen LogP contribution in [0.5, 0.6) is 0 Å². The molecule has 0 radical (unpaired) electrons. The van der Waals surface area contributed by atoms with Crippen molar-refractivity contribution in [2.75, 3.05) is 0 Å². The van der Waals surface area contributed by atoms with E-state index in [-0.39, 0.29) is 0 Å². The first-order valence-electron chi connectivity index (χ1n) is 7.19. The Hall–Kier alpha value is -0.820. The third kappa shape index (κ3) is 1.64. The number of benzene rings is 1. The lowest BCUT2D eigenvalue weighted by Crippen LogP contribution is -2.37. The maximum atomic E-state index is 6.26. The Balaban J connectivity index is 1.69. The quantitative estimate of drug-likeness (QED) is 0.765.